The predicted octanol–water partition coefficient (Wildman–Crippen LogP) is 1.23. The lowest BCUT2D eigenvalue weighted by Gasteiger charge is -2.48. The Morgan fingerprint density at radius 2 is 1.27 bits per heavy atom. The largest absolute Gasteiger partial charge is 0.507 e. The third kappa shape index (κ3) is 27.4. The fourth-order valence-electron chi connectivity index (χ4n) is 16.2. The molecule has 53 heteroatoms. The van der Waals surface area contributed by atoms with Gasteiger partial charge in [-0.1, -0.05) is 107 Å². The number of carbonyl (C=O) groups is 9. The number of phenolic OH excluding ortho intramolecular Hbond substituents is 3. The molecule has 0 radical (unpaired) electrons. The molecule has 18 atom stereocenters. The highest BCUT2D eigenvalue weighted by Gasteiger charge is 2.59. The highest BCUT2D eigenvalue weighted by atomic mass is 35.5. The van der Waals surface area contributed by atoms with Crippen molar-refractivity contribution in [3.05, 3.63) is 116 Å². The smallest absolute Gasteiger partial charge is 0.410 e. The number of rotatable bonds is 37. The van der Waals surface area contributed by atoms with Crippen LogP contribution in [0.5, 0.6) is 46.0 Å². The number of esters is 1. The number of halogens is 2. The topological polar surface area (TPSA) is 761 Å². The molecule has 11 bridgehead atoms. The van der Waals surface area contributed by atoms with Gasteiger partial charge in [-0.15, -0.1) is 0 Å². The number of likely N-dealkylation sites (N-methyl/N-ethyl adjacent to an activating group) is 1. The van der Waals surface area contributed by atoms with E-state index in [1.807, 2.05) is 0 Å². The maximum Gasteiger partial charge on any atom is 0.410 e. The minimum absolute atomic E-state index is 0.146. The third-order valence-electron chi connectivity index (χ3n) is 23.7. The number of nitrogens with one attached hydrogen (secondary N) is 11. The molecule has 7 aliphatic rings. The summed E-state index contributed by atoms with van der Waals surface area (Å²) < 4.78 is 85.8. The van der Waals surface area contributed by atoms with E-state index in [0.717, 1.165) is 99.3 Å². The summed E-state index contributed by atoms with van der Waals surface area (Å²) in [4.78, 5) is 193. The summed E-state index contributed by atoms with van der Waals surface area (Å²) in [5, 5.41) is 142. The molecule has 0 saturated carbocycles. The molecule has 2 saturated heterocycles. The van der Waals surface area contributed by atoms with E-state index in [4.69, 9.17) is 66.8 Å². The second kappa shape index (κ2) is 47.8. The second-order valence-corrected chi connectivity index (χ2v) is 41.0. The van der Waals surface area contributed by atoms with Gasteiger partial charge in [0.05, 0.1) is 53.2 Å². The minimum Gasteiger partial charge on any atom is -0.507 e. The Morgan fingerprint density at radius 1 is 0.667 bits per heavy atom. The standard InChI is InChI=1S/C85H117Cl2N12O36P3/c1-7-8-9-10-11-12-13-14-22-90-24-25-93-84(5)34-60(130-40(4)74(84)109)134-73-71(108)70(107)58(36-100)133-82(73)135-72-56-30-44-31-57(72)132-55-20-17-43(29-49(55)87)68(105)66-80(115)97-64(81(116)128-38-129-83(117)92-23-21-85(118,137(122,123)124)138(125,126)127)46-32-53(102)47(35-91-37-136(119,120)121)69(106)61(46)45-27-41(15-18-52(45)101)62(77(112)99-66)96-78(113)63(44)95-76(111)51(33-59(88)103)94-79(114)65(98-75(110)50(89-6)26-39(2)3)67(104)42-16-19-54(131-56)48(86)28-42/h15-20,27-32,39-40,50-51,58,60,62-68,70-71,73-74,82,89-91,93,100-102,104-109,118H,7-14,21-26,33-38H2,1-6H3,(H2,88,103)(H,92,117)(H,94,114)(H,95,111)(H,96,113)(H,97,115)(H,98,110)(H,99,112)(H2,119,120,121)(H2,122,123,124)(H2,125,126,127)/t40?,50?,51?,58?,60?,62?,63?,64-,65?,66?,67+,68-,70?,71?,73?,74?,82?,84-/m1/s1. The van der Waals surface area contributed by atoms with Gasteiger partial charge < -0.3 is 183 Å². The van der Waals surface area contributed by atoms with Gasteiger partial charge in [0, 0.05) is 61.2 Å². The van der Waals surface area contributed by atoms with Gasteiger partial charge in [-0.05, 0) is 123 Å². The highest BCUT2D eigenvalue weighted by molar-refractivity contribution is 7.72. The zero-order chi connectivity index (χ0) is 102. The molecule has 0 aliphatic carbocycles. The van der Waals surface area contributed by atoms with E-state index < -0.39 is 331 Å². The lowest BCUT2D eigenvalue weighted by molar-refractivity contribution is -0.334. The highest BCUT2D eigenvalue weighted by Crippen LogP contribution is 2.69. The van der Waals surface area contributed by atoms with Crippen LogP contribution in [-0.4, -0.2) is 271 Å². The van der Waals surface area contributed by atoms with Crippen molar-refractivity contribution < 1.29 is 175 Å². The third-order valence-corrected chi connectivity index (χ3v) is 28.8. The summed E-state index contributed by atoms with van der Waals surface area (Å²) >= 11 is 14.4. The summed E-state index contributed by atoms with van der Waals surface area (Å²) in [6.07, 6.45) is -15.0. The van der Waals surface area contributed by atoms with Crippen molar-refractivity contribution in [2.75, 3.05) is 52.9 Å². The van der Waals surface area contributed by atoms with Crippen LogP contribution in [0.3, 0.4) is 0 Å². The van der Waals surface area contributed by atoms with Crippen LogP contribution >= 0.6 is 46.0 Å². The van der Waals surface area contributed by atoms with Crippen molar-refractivity contribution in [3.63, 3.8) is 0 Å². The van der Waals surface area contributed by atoms with Crippen LogP contribution in [0.2, 0.25) is 10.0 Å². The van der Waals surface area contributed by atoms with E-state index in [0.29, 0.717) is 19.2 Å². The molecular formula is C85H117Cl2N12O36P3. The Balaban J connectivity index is 1.16. The number of amides is 8. The number of ether oxygens (including phenoxy) is 8. The molecule has 5 aromatic rings. The van der Waals surface area contributed by atoms with Crippen molar-refractivity contribution in [2.45, 2.75) is 233 Å². The number of aliphatic hydroxyl groups is 7. The predicted molar refractivity (Wildman–Crippen MR) is 484 cm³/mol. The number of primary amides is 1. The van der Waals surface area contributed by atoms with E-state index in [1.54, 1.807) is 33.0 Å². The normalized spacial score (nSPS) is 25.2. The molecule has 0 spiro atoms. The number of unbranched alkanes of at least 4 members (excludes halogenated alkanes) is 7. The van der Waals surface area contributed by atoms with Crippen molar-refractivity contribution >= 4 is 99.4 Å². The van der Waals surface area contributed by atoms with Crippen molar-refractivity contribution in [1.82, 2.24) is 58.5 Å². The van der Waals surface area contributed by atoms with Crippen molar-refractivity contribution in [2.24, 2.45) is 11.7 Å². The van der Waals surface area contributed by atoms with E-state index in [9.17, 15) is 113 Å². The van der Waals surface area contributed by atoms with Gasteiger partial charge >= 0.3 is 34.8 Å². The number of benzene rings is 5. The molecule has 12 rings (SSSR count). The van der Waals surface area contributed by atoms with Crippen LogP contribution in [0.15, 0.2) is 72.8 Å². The fraction of sp³-hybridized carbons (Fsp3) is 0.541. The van der Waals surface area contributed by atoms with Crippen LogP contribution in [0.1, 0.15) is 175 Å². The molecule has 2 fully saturated rings. The first kappa shape index (κ1) is 110. The molecule has 762 valence electrons. The van der Waals surface area contributed by atoms with E-state index in [-0.39, 0.29) is 24.3 Å². The Labute approximate surface area is 799 Å². The molecule has 14 unspecified atom stereocenters. The van der Waals surface area contributed by atoms with Crippen molar-refractivity contribution in [1.29, 1.82) is 0 Å². The van der Waals surface area contributed by atoms with Gasteiger partial charge in [-0.2, -0.15) is 0 Å². The SMILES string of the molecule is CCCCCCCCCCNCCN[C@]1(C)CC(OC2C(Oc3c4cc5cc3Oc3ccc(cc3Cl)[C@H](O)C(NC(=O)C(CC(C)C)NC)C(=O)NC(CC(N)=O)C(=O)NC5C(=O)NC3C(=O)NC(C(=O)N[C@@H](C(=O)OCOC(=O)NCCC(O)(P(=O)(O)O)P(=O)(O)O)c5cc(O)c(CNCP(=O)(O)O)c(O)c5-c5cc3ccc5O)[C@H](O)c3ccc(c(Cl)c3)O4)OC(CO)C(O)C2O)OC(C)C1O. The number of phenols is 3. The Hall–Kier alpha value is -9.60. The molecule has 48 nitrogen and oxygen atoms in total. The molecule has 5 aromatic carbocycles. The van der Waals surface area contributed by atoms with Crippen LogP contribution in [0, 0.1) is 5.92 Å². The van der Waals surface area contributed by atoms with Gasteiger partial charge in [-0.3, -0.25) is 47.3 Å². The van der Waals surface area contributed by atoms with Gasteiger partial charge in [-0.25, -0.2) is 9.59 Å². The van der Waals surface area contributed by atoms with Crippen LogP contribution in [0.25, 0.3) is 11.1 Å². The molecule has 29 N–H and O–H groups in total. The number of aliphatic hydroxyl groups excluding tert-OH is 6. The zero-order valence-corrected chi connectivity index (χ0v) is 79.7. The summed E-state index contributed by atoms with van der Waals surface area (Å²) in [5.41, 5.74) is -0.461. The number of carbonyl (C=O) groups excluding carboxylic acids is 9. The second-order valence-electron chi connectivity index (χ2n) is 34.5. The monoisotopic (exact) mass is 2040 g/mol. The quantitative estimate of drug-likeness (QED) is 0.0115. The Kier molecular flexibility index (Phi) is 38.2. The average Bonchev–Trinajstić information content (AvgIpc) is 0.756. The maximum absolute atomic E-state index is 16.5. The number of hydrogen-bond acceptors (Lipinski definition) is 34. The fourth-order valence-corrected chi connectivity index (χ4v) is 19.2. The van der Waals surface area contributed by atoms with Crippen molar-refractivity contribution in [3.8, 4) is 57.1 Å². The number of fused-ring (bicyclic) bond motifs is 15. The molecule has 7 heterocycles. The summed E-state index contributed by atoms with van der Waals surface area (Å²) in [7, 11) is -15.7. The lowest BCUT2D eigenvalue weighted by atomic mass is 9.85. The van der Waals surface area contributed by atoms with Gasteiger partial charge in [0.1, 0.15) is 89.5 Å². The zero-order valence-electron chi connectivity index (χ0n) is 75.5. The van der Waals surface area contributed by atoms with E-state index in [2.05, 4.69) is 60.1 Å². The Bertz CT molecular complexity index is 5370. The number of alkyl carbamates (subject to hydrolysis) is 1. The lowest BCUT2D eigenvalue weighted by Crippen LogP contribution is -2.65. The number of nitrogens with two attached hydrogens (primary N) is 1. The number of aromatic hydroxyl groups is 3. The number of hydrogen-bond donors (Lipinski definition) is 28. The maximum atomic E-state index is 16.5. The van der Waals surface area contributed by atoms with Gasteiger partial charge in [0.2, 0.25) is 60.2 Å². The average molecular weight is 2050 g/mol. The molecule has 7 aliphatic heterocycles. The van der Waals surface area contributed by atoms with Crippen LogP contribution in [0.4, 0.5) is 4.79 Å². The minimum atomic E-state index is -6.08. The molecule has 138 heavy (non-hydrogen) atoms. The first-order valence-corrected chi connectivity index (χ1v) is 49.8. The van der Waals surface area contributed by atoms with Crippen LogP contribution in [-0.2, 0) is 82.3 Å². The molecule has 0 aromatic heterocycles. The van der Waals surface area contributed by atoms with E-state index in [1.165, 1.54) is 32.4 Å². The van der Waals surface area contributed by atoms with Gasteiger partial charge in [0.15, 0.2) is 29.9 Å². The van der Waals surface area contributed by atoms with E-state index >= 15 is 24.0 Å². The summed E-state index contributed by atoms with van der Waals surface area (Å²) in [6.45, 7) is 5.80. The Morgan fingerprint density at radius 3 is 1.86 bits per heavy atom. The molecule has 8 amide bonds. The summed E-state index contributed by atoms with van der Waals surface area (Å²) in [6, 6.07) is -4.07. The summed E-state index contributed by atoms with van der Waals surface area (Å²) in [5.74, 6) is -18.4. The van der Waals surface area contributed by atoms with Crippen LogP contribution < -0.4 is 78.4 Å². The van der Waals surface area contributed by atoms with Gasteiger partial charge in [0.25, 0.3) is 5.08 Å². The first-order valence-electron chi connectivity index (χ1n) is 44.0. The first-order chi connectivity index (χ1) is 64.9. The molecular weight excluding hydrogens is 1930 g/mol.